The van der Waals surface area contributed by atoms with E-state index in [4.69, 9.17) is 21.7 Å². The monoisotopic (exact) mass is 448 g/mol. The van der Waals surface area contributed by atoms with Crippen molar-refractivity contribution in [3.8, 4) is 11.5 Å². The largest absolute Gasteiger partial charge is 0.494 e. The van der Waals surface area contributed by atoms with Crippen LogP contribution >= 0.6 is 12.2 Å². The van der Waals surface area contributed by atoms with Gasteiger partial charge in [0, 0.05) is 11.3 Å². The molecular weight excluding hydrogens is 420 g/mol. The minimum atomic E-state index is -0.281. The van der Waals surface area contributed by atoms with Crippen LogP contribution in [0, 0.1) is 0 Å². The van der Waals surface area contributed by atoms with E-state index >= 15 is 0 Å². The Morgan fingerprint density at radius 2 is 1.56 bits per heavy atom. The van der Waals surface area contributed by atoms with Crippen LogP contribution in [0.4, 0.5) is 5.69 Å². The Kier molecular flexibility index (Phi) is 8.63. The molecule has 0 bridgehead atoms. The third-order valence-corrected chi connectivity index (χ3v) is 4.75. The van der Waals surface area contributed by atoms with Crippen LogP contribution in [-0.4, -0.2) is 23.7 Å². The van der Waals surface area contributed by atoms with Crippen LogP contribution in [0.25, 0.3) is 0 Å². The van der Waals surface area contributed by atoms with Gasteiger partial charge in [0.2, 0.25) is 0 Å². The number of carbonyl (C=O) groups excluding carboxylic acids is 1. The predicted molar refractivity (Wildman–Crippen MR) is 133 cm³/mol. The molecule has 0 fully saturated rings. The normalized spacial score (nSPS) is 10.5. The zero-order valence-corrected chi connectivity index (χ0v) is 19.2. The molecule has 0 saturated heterocycles. The highest BCUT2D eigenvalue weighted by molar-refractivity contribution is 7.80. The van der Waals surface area contributed by atoms with Gasteiger partial charge in [-0.15, -0.1) is 0 Å². The number of carbonyl (C=O) groups is 1. The van der Waals surface area contributed by atoms with Crippen LogP contribution in [0.5, 0.6) is 11.5 Å². The molecule has 5 nitrogen and oxygen atoms in total. The summed E-state index contributed by atoms with van der Waals surface area (Å²) in [6, 6.07) is 24.8. The lowest BCUT2D eigenvalue weighted by molar-refractivity contribution is 0.0977. The average molecular weight is 449 g/mol. The molecule has 3 aromatic rings. The van der Waals surface area contributed by atoms with Crippen LogP contribution in [0.2, 0.25) is 0 Å². The second kappa shape index (κ2) is 11.9. The first-order valence-electron chi connectivity index (χ1n) is 10.7. The predicted octanol–water partition coefficient (Wildman–Crippen LogP) is 5.61. The van der Waals surface area contributed by atoms with E-state index < -0.39 is 0 Å². The Labute approximate surface area is 194 Å². The SMILES string of the molecule is CC(C)Oc1ccc(C(=O)NC(=S)Nc2ccc(OCCCc3ccccc3)cc2)cc1. The minimum absolute atomic E-state index is 0.0810. The lowest BCUT2D eigenvalue weighted by atomic mass is 10.1. The van der Waals surface area contributed by atoms with Crippen LogP contribution in [0.15, 0.2) is 78.9 Å². The summed E-state index contributed by atoms with van der Waals surface area (Å²) in [4.78, 5) is 12.4. The summed E-state index contributed by atoms with van der Waals surface area (Å²) in [5.74, 6) is 1.24. The number of thiocarbonyl (C=S) groups is 1. The van der Waals surface area contributed by atoms with Gasteiger partial charge in [-0.3, -0.25) is 10.1 Å². The van der Waals surface area contributed by atoms with Gasteiger partial charge in [0.05, 0.1) is 12.7 Å². The van der Waals surface area contributed by atoms with Crippen molar-refractivity contribution in [3.05, 3.63) is 90.0 Å². The topological polar surface area (TPSA) is 59.6 Å². The highest BCUT2D eigenvalue weighted by Crippen LogP contribution is 2.17. The summed E-state index contributed by atoms with van der Waals surface area (Å²) in [6.45, 7) is 4.56. The van der Waals surface area contributed by atoms with Crippen LogP contribution in [0.1, 0.15) is 36.2 Å². The lowest BCUT2D eigenvalue weighted by Gasteiger charge is -2.12. The quantitative estimate of drug-likeness (QED) is 0.329. The molecule has 0 unspecified atom stereocenters. The molecule has 0 aromatic heterocycles. The number of anilines is 1. The highest BCUT2D eigenvalue weighted by Gasteiger charge is 2.09. The summed E-state index contributed by atoms with van der Waals surface area (Å²) in [5.41, 5.74) is 2.59. The first-order valence-corrected chi connectivity index (χ1v) is 11.1. The van der Waals surface area contributed by atoms with Crippen LogP contribution in [-0.2, 0) is 6.42 Å². The Balaban J connectivity index is 1.41. The molecule has 0 aliphatic heterocycles. The van der Waals surface area contributed by atoms with Crippen molar-refractivity contribution < 1.29 is 14.3 Å². The second-order valence-corrected chi connectivity index (χ2v) is 7.97. The number of amides is 1. The van der Waals surface area contributed by atoms with Crippen molar-refractivity contribution in [1.82, 2.24) is 5.32 Å². The van der Waals surface area contributed by atoms with Gasteiger partial charge >= 0.3 is 0 Å². The number of aryl methyl sites for hydroxylation is 1. The molecule has 3 rings (SSSR count). The summed E-state index contributed by atoms with van der Waals surface area (Å²) in [5, 5.41) is 5.93. The van der Waals surface area contributed by atoms with Gasteiger partial charge in [0.25, 0.3) is 5.91 Å². The first kappa shape index (κ1) is 23.3. The lowest BCUT2D eigenvalue weighted by Crippen LogP contribution is -2.34. The second-order valence-electron chi connectivity index (χ2n) is 7.56. The number of hydrogen-bond acceptors (Lipinski definition) is 4. The number of nitrogens with one attached hydrogen (secondary N) is 2. The van der Waals surface area contributed by atoms with E-state index in [-0.39, 0.29) is 17.1 Å². The number of benzene rings is 3. The molecule has 166 valence electrons. The maximum absolute atomic E-state index is 12.4. The van der Waals surface area contributed by atoms with Crippen molar-refractivity contribution in [2.45, 2.75) is 32.8 Å². The van der Waals surface area contributed by atoms with E-state index in [1.165, 1.54) is 5.56 Å². The fraction of sp³-hybridized carbons (Fsp3) is 0.231. The molecule has 0 aliphatic carbocycles. The Hall–Kier alpha value is -3.38. The van der Waals surface area contributed by atoms with Gasteiger partial charge in [-0.05, 0) is 93.0 Å². The molecule has 1 amide bonds. The summed E-state index contributed by atoms with van der Waals surface area (Å²) in [6.07, 6.45) is 2.02. The zero-order valence-electron chi connectivity index (χ0n) is 18.3. The van der Waals surface area contributed by atoms with Crippen molar-refractivity contribution >= 4 is 28.9 Å². The maximum atomic E-state index is 12.4. The third kappa shape index (κ3) is 7.71. The number of hydrogen-bond donors (Lipinski definition) is 2. The van der Waals surface area contributed by atoms with Crippen molar-refractivity contribution in [1.29, 1.82) is 0 Å². The summed E-state index contributed by atoms with van der Waals surface area (Å²) >= 11 is 5.26. The van der Waals surface area contributed by atoms with Gasteiger partial charge < -0.3 is 14.8 Å². The van der Waals surface area contributed by atoms with Gasteiger partial charge in [0.1, 0.15) is 11.5 Å². The Morgan fingerprint density at radius 3 is 2.22 bits per heavy atom. The molecular formula is C26H28N2O3S. The zero-order chi connectivity index (χ0) is 22.8. The molecule has 2 N–H and O–H groups in total. The van der Waals surface area contributed by atoms with Gasteiger partial charge in [-0.1, -0.05) is 30.3 Å². The number of rotatable bonds is 9. The molecule has 32 heavy (non-hydrogen) atoms. The van der Waals surface area contributed by atoms with E-state index in [0.29, 0.717) is 12.2 Å². The van der Waals surface area contributed by atoms with Crippen molar-refractivity contribution in [2.24, 2.45) is 0 Å². The Morgan fingerprint density at radius 1 is 0.906 bits per heavy atom. The van der Waals surface area contributed by atoms with Crippen LogP contribution < -0.4 is 20.1 Å². The number of ether oxygens (including phenoxy) is 2. The molecule has 0 aliphatic rings. The van der Waals surface area contributed by atoms with Gasteiger partial charge in [-0.2, -0.15) is 0 Å². The van der Waals surface area contributed by atoms with E-state index in [0.717, 1.165) is 30.0 Å². The van der Waals surface area contributed by atoms with Gasteiger partial charge in [-0.25, -0.2) is 0 Å². The molecule has 0 atom stereocenters. The fourth-order valence-electron chi connectivity index (χ4n) is 3.04. The van der Waals surface area contributed by atoms with Crippen molar-refractivity contribution in [3.63, 3.8) is 0 Å². The van der Waals surface area contributed by atoms with E-state index in [1.807, 2.05) is 56.3 Å². The smallest absolute Gasteiger partial charge is 0.257 e. The van der Waals surface area contributed by atoms with Gasteiger partial charge in [0.15, 0.2) is 5.11 Å². The summed E-state index contributed by atoms with van der Waals surface area (Å²) in [7, 11) is 0. The van der Waals surface area contributed by atoms with Crippen LogP contribution in [0.3, 0.4) is 0 Å². The summed E-state index contributed by atoms with van der Waals surface area (Å²) < 4.78 is 11.4. The molecule has 0 radical (unpaired) electrons. The molecule has 0 spiro atoms. The molecule has 0 heterocycles. The van der Waals surface area contributed by atoms with E-state index in [9.17, 15) is 4.79 Å². The first-order chi connectivity index (χ1) is 15.5. The maximum Gasteiger partial charge on any atom is 0.257 e. The van der Waals surface area contributed by atoms with E-state index in [2.05, 4.69) is 22.8 Å². The molecule has 6 heteroatoms. The third-order valence-electron chi connectivity index (χ3n) is 4.55. The molecule has 0 saturated carbocycles. The van der Waals surface area contributed by atoms with E-state index in [1.54, 1.807) is 24.3 Å². The highest BCUT2D eigenvalue weighted by atomic mass is 32.1. The standard InChI is InChI=1S/C26H28N2O3S/c1-19(2)31-24-14-10-21(11-15-24)25(29)28-26(32)27-22-12-16-23(17-13-22)30-18-6-9-20-7-4-3-5-8-20/h3-5,7-8,10-17,19H,6,9,18H2,1-2H3,(H2,27,28,29,32). The minimum Gasteiger partial charge on any atom is -0.494 e. The molecule has 3 aromatic carbocycles. The average Bonchev–Trinajstić information content (AvgIpc) is 2.78. The fourth-order valence-corrected chi connectivity index (χ4v) is 3.25. The Bertz CT molecular complexity index is 1000. The van der Waals surface area contributed by atoms with Crippen molar-refractivity contribution in [2.75, 3.05) is 11.9 Å².